The Morgan fingerprint density at radius 2 is 2.14 bits per heavy atom. The van der Waals surface area contributed by atoms with Gasteiger partial charge in [0.1, 0.15) is 0 Å². The van der Waals surface area contributed by atoms with Gasteiger partial charge in [-0.3, -0.25) is 0 Å². The molecule has 3 aromatic rings. The number of aromatic nitrogens is 3. The van der Waals surface area contributed by atoms with E-state index in [0.717, 1.165) is 25.8 Å². The number of rotatable bonds is 3. The zero-order valence-corrected chi connectivity index (χ0v) is 12.2. The average Bonchev–Trinajstić information content (AvgIpc) is 3.13. The Morgan fingerprint density at radius 1 is 1.24 bits per heavy atom. The monoisotopic (exact) mass is 280 g/mol. The van der Waals surface area contributed by atoms with E-state index in [-0.39, 0.29) is 5.54 Å². The van der Waals surface area contributed by atoms with Gasteiger partial charge in [0.2, 0.25) is 0 Å². The SMILES string of the molecule is C[C@]1(CCc2c[nH]c3ccccc23)NCCc2[nH]cnc21. The maximum atomic E-state index is 4.55. The van der Waals surface area contributed by atoms with Crippen molar-refractivity contribution in [2.75, 3.05) is 6.54 Å². The van der Waals surface area contributed by atoms with Gasteiger partial charge in [-0.25, -0.2) is 4.98 Å². The minimum absolute atomic E-state index is 0.0358. The number of hydrogen-bond acceptors (Lipinski definition) is 2. The van der Waals surface area contributed by atoms with Gasteiger partial charge in [0.25, 0.3) is 0 Å². The van der Waals surface area contributed by atoms with Gasteiger partial charge >= 0.3 is 0 Å². The van der Waals surface area contributed by atoms with E-state index < -0.39 is 0 Å². The van der Waals surface area contributed by atoms with Crippen molar-refractivity contribution in [2.45, 2.75) is 31.7 Å². The minimum Gasteiger partial charge on any atom is -0.361 e. The lowest BCUT2D eigenvalue weighted by atomic mass is 9.86. The number of H-pyrrole nitrogens is 2. The third-order valence-corrected chi connectivity index (χ3v) is 4.70. The molecule has 1 aromatic carbocycles. The molecule has 1 atom stereocenters. The van der Waals surface area contributed by atoms with Crippen molar-refractivity contribution >= 4 is 10.9 Å². The number of fused-ring (bicyclic) bond motifs is 2. The highest BCUT2D eigenvalue weighted by molar-refractivity contribution is 5.83. The van der Waals surface area contributed by atoms with Crippen molar-refractivity contribution in [1.29, 1.82) is 0 Å². The Bertz CT molecular complexity index is 770. The molecule has 0 saturated carbocycles. The average molecular weight is 280 g/mol. The molecule has 0 saturated heterocycles. The predicted octanol–water partition coefficient (Wildman–Crippen LogP) is 2.88. The van der Waals surface area contributed by atoms with Crippen LogP contribution in [0.25, 0.3) is 10.9 Å². The van der Waals surface area contributed by atoms with Crippen LogP contribution >= 0.6 is 0 Å². The quantitative estimate of drug-likeness (QED) is 0.691. The highest BCUT2D eigenvalue weighted by atomic mass is 15.1. The second-order valence-electron chi connectivity index (χ2n) is 6.10. The van der Waals surface area contributed by atoms with E-state index in [1.54, 1.807) is 0 Å². The Balaban J connectivity index is 1.60. The summed E-state index contributed by atoms with van der Waals surface area (Å²) in [5, 5.41) is 4.99. The van der Waals surface area contributed by atoms with Crippen LogP contribution in [0.4, 0.5) is 0 Å². The highest BCUT2D eigenvalue weighted by Crippen LogP contribution is 2.31. The van der Waals surface area contributed by atoms with Gasteiger partial charge in [-0.2, -0.15) is 0 Å². The summed E-state index contributed by atoms with van der Waals surface area (Å²) in [5.74, 6) is 0. The van der Waals surface area contributed by atoms with E-state index in [4.69, 9.17) is 0 Å². The fraction of sp³-hybridized carbons (Fsp3) is 0.353. The number of nitrogens with zero attached hydrogens (tertiary/aromatic N) is 1. The molecule has 4 heteroatoms. The summed E-state index contributed by atoms with van der Waals surface area (Å²) in [4.78, 5) is 11.2. The number of para-hydroxylation sites is 1. The van der Waals surface area contributed by atoms with Gasteiger partial charge in [-0.15, -0.1) is 0 Å². The summed E-state index contributed by atoms with van der Waals surface area (Å²) in [5.41, 5.74) is 5.04. The van der Waals surface area contributed by atoms with Gasteiger partial charge < -0.3 is 15.3 Å². The molecule has 0 bridgehead atoms. The third-order valence-electron chi connectivity index (χ3n) is 4.70. The molecule has 0 radical (unpaired) electrons. The van der Waals surface area contributed by atoms with E-state index in [1.165, 1.54) is 27.9 Å². The molecule has 3 N–H and O–H groups in total. The smallest absolute Gasteiger partial charge is 0.0926 e. The first-order valence-corrected chi connectivity index (χ1v) is 7.59. The molecule has 4 rings (SSSR count). The second kappa shape index (κ2) is 4.74. The van der Waals surface area contributed by atoms with Crippen molar-refractivity contribution in [2.24, 2.45) is 0 Å². The fourth-order valence-corrected chi connectivity index (χ4v) is 3.46. The largest absolute Gasteiger partial charge is 0.361 e. The van der Waals surface area contributed by atoms with Crippen molar-refractivity contribution in [3.8, 4) is 0 Å². The molecular weight excluding hydrogens is 260 g/mol. The minimum atomic E-state index is -0.0358. The van der Waals surface area contributed by atoms with Crippen molar-refractivity contribution in [1.82, 2.24) is 20.3 Å². The van der Waals surface area contributed by atoms with Crippen LogP contribution in [0.5, 0.6) is 0 Å². The van der Waals surface area contributed by atoms with Crippen LogP contribution in [0.2, 0.25) is 0 Å². The topological polar surface area (TPSA) is 56.5 Å². The molecule has 2 aromatic heterocycles. The van der Waals surface area contributed by atoms with E-state index in [2.05, 4.69) is 57.7 Å². The summed E-state index contributed by atoms with van der Waals surface area (Å²) in [6, 6.07) is 8.50. The van der Waals surface area contributed by atoms with E-state index in [0.29, 0.717) is 0 Å². The number of imidazole rings is 1. The molecule has 0 amide bonds. The molecule has 4 nitrogen and oxygen atoms in total. The zero-order chi connectivity index (χ0) is 14.3. The van der Waals surface area contributed by atoms with Crippen LogP contribution in [0.15, 0.2) is 36.8 Å². The molecule has 3 heterocycles. The number of aryl methyl sites for hydroxylation is 1. The first-order chi connectivity index (χ1) is 10.3. The second-order valence-corrected chi connectivity index (χ2v) is 6.10. The Morgan fingerprint density at radius 3 is 3.10 bits per heavy atom. The first-order valence-electron chi connectivity index (χ1n) is 7.59. The van der Waals surface area contributed by atoms with Crippen molar-refractivity contribution in [3.63, 3.8) is 0 Å². The number of nitrogens with one attached hydrogen (secondary N) is 3. The van der Waals surface area contributed by atoms with E-state index in [9.17, 15) is 0 Å². The predicted molar refractivity (Wildman–Crippen MR) is 84.3 cm³/mol. The van der Waals surface area contributed by atoms with Gasteiger partial charge in [0.05, 0.1) is 17.6 Å². The van der Waals surface area contributed by atoms with E-state index in [1.807, 2.05) is 6.33 Å². The summed E-state index contributed by atoms with van der Waals surface area (Å²) in [6.45, 7) is 3.28. The van der Waals surface area contributed by atoms with Crippen LogP contribution in [0.3, 0.4) is 0 Å². The third kappa shape index (κ3) is 2.07. The standard InChI is InChI=1S/C17H20N4/c1-17(16-15(7-9-21-17)19-11-20-16)8-6-12-10-18-14-5-3-2-4-13(12)14/h2-5,10-11,18,21H,6-9H2,1H3,(H,19,20)/t17-/m1/s1. The molecule has 0 aliphatic carbocycles. The Labute approximate surface area is 124 Å². The Kier molecular flexibility index (Phi) is 2.86. The molecule has 21 heavy (non-hydrogen) atoms. The molecule has 0 fully saturated rings. The van der Waals surface area contributed by atoms with Gasteiger partial charge in [-0.1, -0.05) is 18.2 Å². The maximum Gasteiger partial charge on any atom is 0.0926 e. The van der Waals surface area contributed by atoms with Gasteiger partial charge in [0.15, 0.2) is 0 Å². The van der Waals surface area contributed by atoms with Crippen LogP contribution < -0.4 is 5.32 Å². The first kappa shape index (κ1) is 12.7. The van der Waals surface area contributed by atoms with Crippen LogP contribution in [0.1, 0.15) is 30.3 Å². The lowest BCUT2D eigenvalue weighted by Crippen LogP contribution is -2.45. The van der Waals surface area contributed by atoms with Crippen LogP contribution in [-0.2, 0) is 18.4 Å². The number of benzene rings is 1. The number of hydrogen-bond donors (Lipinski definition) is 3. The lowest BCUT2D eigenvalue weighted by Gasteiger charge is -2.34. The zero-order valence-electron chi connectivity index (χ0n) is 12.2. The normalized spacial score (nSPS) is 21.6. The molecular formula is C17H20N4. The molecule has 0 spiro atoms. The number of aromatic amines is 2. The molecule has 1 aliphatic heterocycles. The van der Waals surface area contributed by atoms with Crippen LogP contribution in [0, 0.1) is 0 Å². The van der Waals surface area contributed by atoms with Crippen LogP contribution in [-0.4, -0.2) is 21.5 Å². The molecule has 108 valence electrons. The fourth-order valence-electron chi connectivity index (χ4n) is 3.46. The Hall–Kier alpha value is -2.07. The van der Waals surface area contributed by atoms with Crippen molar-refractivity contribution < 1.29 is 0 Å². The molecule has 0 unspecified atom stereocenters. The van der Waals surface area contributed by atoms with E-state index >= 15 is 0 Å². The highest BCUT2D eigenvalue weighted by Gasteiger charge is 2.33. The molecule has 1 aliphatic rings. The summed E-state index contributed by atoms with van der Waals surface area (Å²) >= 11 is 0. The summed E-state index contributed by atoms with van der Waals surface area (Å²) in [6.07, 6.45) is 7.09. The van der Waals surface area contributed by atoms with Gasteiger partial charge in [0, 0.05) is 35.8 Å². The maximum absolute atomic E-state index is 4.55. The summed E-state index contributed by atoms with van der Waals surface area (Å²) in [7, 11) is 0. The lowest BCUT2D eigenvalue weighted by molar-refractivity contribution is 0.314. The van der Waals surface area contributed by atoms with Gasteiger partial charge in [-0.05, 0) is 31.4 Å². The van der Waals surface area contributed by atoms with Crippen molar-refractivity contribution in [3.05, 3.63) is 53.7 Å². The summed E-state index contributed by atoms with van der Waals surface area (Å²) < 4.78 is 0.